The van der Waals surface area contributed by atoms with E-state index >= 15 is 0 Å². The van der Waals surface area contributed by atoms with E-state index in [0.29, 0.717) is 0 Å². The highest BCUT2D eigenvalue weighted by Gasteiger charge is 2.26. The van der Waals surface area contributed by atoms with Crippen LogP contribution >= 0.6 is 11.3 Å². The molecule has 2 aromatic rings. The minimum atomic E-state index is -3.66. The molecule has 2 heterocycles. The molecule has 1 aromatic heterocycles. The lowest BCUT2D eigenvalue weighted by atomic mass is 10.1. The van der Waals surface area contributed by atoms with Crippen LogP contribution in [0.4, 0.5) is 0 Å². The molecule has 0 atom stereocenters. The van der Waals surface area contributed by atoms with Crippen LogP contribution in [0.25, 0.3) is 0 Å². The van der Waals surface area contributed by atoms with Gasteiger partial charge in [-0.3, -0.25) is 4.90 Å². The second-order valence-electron chi connectivity index (χ2n) is 6.12. The summed E-state index contributed by atoms with van der Waals surface area (Å²) in [5.41, 5.74) is 1.25. The second kappa shape index (κ2) is 7.65. The molecule has 3 rings (SSSR count). The molecule has 25 heavy (non-hydrogen) atoms. The number of hydrogen-bond donors (Lipinski definition) is 2. The highest BCUT2D eigenvalue weighted by atomic mass is 32.2. The minimum absolute atomic E-state index is 0.00283. The van der Waals surface area contributed by atoms with Crippen molar-refractivity contribution in [1.82, 2.24) is 9.62 Å². The van der Waals surface area contributed by atoms with Crippen LogP contribution in [0.2, 0.25) is 0 Å². The van der Waals surface area contributed by atoms with Crippen molar-refractivity contribution in [3.8, 4) is 0 Å². The van der Waals surface area contributed by atoms with Crippen molar-refractivity contribution in [3.05, 3.63) is 52.9 Å². The molecule has 1 fully saturated rings. The van der Waals surface area contributed by atoms with E-state index in [1.54, 1.807) is 0 Å². The van der Waals surface area contributed by atoms with Gasteiger partial charge in [0.1, 0.15) is 4.21 Å². The fraction of sp³-hybridized carbons (Fsp3) is 0.353. The molecule has 0 spiro atoms. The first-order valence-corrected chi connectivity index (χ1v) is 10.4. The molecule has 1 aliphatic heterocycles. The number of carbonyl (C=O) groups is 1. The number of nitrogens with one attached hydrogen (secondary N) is 1. The smallest absolute Gasteiger partial charge is 0.336 e. The molecule has 1 aromatic carbocycles. The summed E-state index contributed by atoms with van der Waals surface area (Å²) in [7, 11) is -3.66. The van der Waals surface area contributed by atoms with Gasteiger partial charge in [0, 0.05) is 31.1 Å². The van der Waals surface area contributed by atoms with Gasteiger partial charge >= 0.3 is 5.97 Å². The van der Waals surface area contributed by atoms with Crippen LogP contribution in [0.3, 0.4) is 0 Å². The van der Waals surface area contributed by atoms with Gasteiger partial charge in [0.05, 0.1) is 5.56 Å². The lowest BCUT2D eigenvalue weighted by Crippen LogP contribution is -2.44. The van der Waals surface area contributed by atoms with Gasteiger partial charge in [-0.25, -0.2) is 17.9 Å². The molecule has 0 saturated carbocycles. The van der Waals surface area contributed by atoms with E-state index in [1.165, 1.54) is 17.0 Å². The van der Waals surface area contributed by atoms with Gasteiger partial charge in [-0.15, -0.1) is 11.3 Å². The maximum Gasteiger partial charge on any atom is 0.336 e. The number of piperidine rings is 1. The van der Waals surface area contributed by atoms with Crippen LogP contribution in [0, 0.1) is 0 Å². The molecular weight excluding hydrogens is 360 g/mol. The Balaban J connectivity index is 1.55. The lowest BCUT2D eigenvalue weighted by Gasteiger charge is -2.32. The predicted octanol–water partition coefficient (Wildman–Crippen LogP) is 2.39. The molecule has 0 radical (unpaired) electrons. The topological polar surface area (TPSA) is 86.7 Å². The van der Waals surface area contributed by atoms with Crippen LogP contribution < -0.4 is 4.72 Å². The monoisotopic (exact) mass is 380 g/mol. The Morgan fingerprint density at radius 2 is 1.92 bits per heavy atom. The summed E-state index contributed by atoms with van der Waals surface area (Å²) in [6.07, 6.45) is 1.48. The zero-order chi connectivity index (χ0) is 17.9. The summed E-state index contributed by atoms with van der Waals surface area (Å²) in [6, 6.07) is 11.3. The Morgan fingerprint density at radius 1 is 1.24 bits per heavy atom. The molecule has 2 N–H and O–H groups in total. The van der Waals surface area contributed by atoms with Gasteiger partial charge < -0.3 is 5.11 Å². The number of likely N-dealkylation sites (tertiary alicyclic amines) is 1. The largest absolute Gasteiger partial charge is 0.478 e. The van der Waals surface area contributed by atoms with Crippen LogP contribution in [0.15, 0.2) is 46.0 Å². The summed E-state index contributed by atoms with van der Waals surface area (Å²) in [4.78, 5) is 13.2. The van der Waals surface area contributed by atoms with Crippen LogP contribution in [-0.4, -0.2) is 43.5 Å². The number of aromatic carboxylic acids is 1. The average molecular weight is 380 g/mol. The van der Waals surface area contributed by atoms with E-state index in [4.69, 9.17) is 5.11 Å². The number of hydrogen-bond acceptors (Lipinski definition) is 5. The van der Waals surface area contributed by atoms with E-state index in [9.17, 15) is 13.2 Å². The number of thiophene rings is 1. The highest BCUT2D eigenvalue weighted by molar-refractivity contribution is 7.91. The van der Waals surface area contributed by atoms with E-state index < -0.39 is 16.0 Å². The maximum absolute atomic E-state index is 12.4. The molecule has 1 saturated heterocycles. The Hall–Kier alpha value is -1.74. The van der Waals surface area contributed by atoms with Gasteiger partial charge in [0.2, 0.25) is 10.0 Å². The number of benzene rings is 1. The fourth-order valence-corrected chi connectivity index (χ4v) is 5.37. The van der Waals surface area contributed by atoms with Gasteiger partial charge in [-0.1, -0.05) is 30.3 Å². The molecule has 6 nitrogen and oxygen atoms in total. The molecule has 0 bridgehead atoms. The summed E-state index contributed by atoms with van der Waals surface area (Å²) in [6.45, 7) is 2.52. The van der Waals surface area contributed by atoms with Crippen molar-refractivity contribution in [2.45, 2.75) is 29.6 Å². The molecule has 1 aliphatic rings. The molecule has 0 amide bonds. The molecular formula is C17H20N2O4S2. The number of sulfonamides is 1. The van der Waals surface area contributed by atoms with Crippen molar-refractivity contribution in [2.75, 3.05) is 13.1 Å². The van der Waals surface area contributed by atoms with Gasteiger partial charge in [0.25, 0.3) is 0 Å². The molecule has 134 valence electrons. The second-order valence-corrected chi connectivity index (χ2v) is 8.97. The van der Waals surface area contributed by atoms with Crippen LogP contribution in [0.5, 0.6) is 0 Å². The summed E-state index contributed by atoms with van der Waals surface area (Å²) < 4.78 is 27.6. The Kier molecular flexibility index (Phi) is 5.53. The molecule has 8 heteroatoms. The Morgan fingerprint density at radius 3 is 2.52 bits per heavy atom. The van der Waals surface area contributed by atoms with Crippen molar-refractivity contribution in [2.24, 2.45) is 0 Å². The van der Waals surface area contributed by atoms with Gasteiger partial charge in [-0.2, -0.15) is 0 Å². The van der Waals surface area contributed by atoms with Gasteiger partial charge in [0.15, 0.2) is 0 Å². The number of carboxylic acids is 1. The average Bonchev–Trinajstić information content (AvgIpc) is 3.09. The summed E-state index contributed by atoms with van der Waals surface area (Å²) in [5.74, 6) is -1.12. The van der Waals surface area contributed by atoms with Crippen LogP contribution in [0.1, 0.15) is 28.8 Å². The zero-order valence-electron chi connectivity index (χ0n) is 13.6. The van der Waals surface area contributed by atoms with Gasteiger partial charge in [-0.05, 0) is 24.5 Å². The lowest BCUT2D eigenvalue weighted by molar-refractivity contribution is 0.0697. The molecule has 0 aliphatic carbocycles. The van der Waals surface area contributed by atoms with E-state index in [1.807, 2.05) is 18.2 Å². The van der Waals surface area contributed by atoms with E-state index in [2.05, 4.69) is 21.8 Å². The first-order valence-electron chi connectivity index (χ1n) is 8.04. The fourth-order valence-electron chi connectivity index (χ4n) is 2.90. The number of nitrogens with zero attached hydrogens (tertiary/aromatic N) is 1. The number of carboxylic acid groups (broad SMARTS) is 1. The third-order valence-corrected chi connectivity index (χ3v) is 7.21. The third-order valence-electron chi connectivity index (χ3n) is 4.25. The number of rotatable bonds is 6. The van der Waals surface area contributed by atoms with E-state index in [0.717, 1.165) is 43.8 Å². The summed E-state index contributed by atoms with van der Waals surface area (Å²) in [5, 5.41) is 10.3. The van der Waals surface area contributed by atoms with Crippen LogP contribution in [-0.2, 0) is 16.6 Å². The van der Waals surface area contributed by atoms with Crippen molar-refractivity contribution in [1.29, 1.82) is 0 Å². The standard InChI is InChI=1S/C17H20N2O4S2/c20-17(21)14-10-16(24-12-14)25(22,23)18-15-6-8-19(9-7-15)11-13-4-2-1-3-5-13/h1-5,10,12,15,18H,6-9,11H2,(H,20,21). The SMILES string of the molecule is O=C(O)c1csc(S(=O)(=O)NC2CCN(Cc3ccccc3)CC2)c1. The highest BCUT2D eigenvalue weighted by Crippen LogP contribution is 2.22. The first-order chi connectivity index (χ1) is 11.9. The summed E-state index contributed by atoms with van der Waals surface area (Å²) >= 11 is 0.934. The van der Waals surface area contributed by atoms with Crippen molar-refractivity contribution in [3.63, 3.8) is 0 Å². The molecule has 0 unspecified atom stereocenters. The van der Waals surface area contributed by atoms with Crippen molar-refractivity contribution >= 4 is 27.3 Å². The normalized spacial score (nSPS) is 16.8. The quantitative estimate of drug-likeness (QED) is 0.804. The maximum atomic E-state index is 12.4. The third kappa shape index (κ3) is 4.66. The minimum Gasteiger partial charge on any atom is -0.478 e. The first kappa shape index (κ1) is 18.1. The Labute approximate surface area is 151 Å². The predicted molar refractivity (Wildman–Crippen MR) is 96.3 cm³/mol. The van der Waals surface area contributed by atoms with E-state index in [-0.39, 0.29) is 15.8 Å². The zero-order valence-corrected chi connectivity index (χ0v) is 15.2. The Bertz CT molecular complexity index is 825. The van der Waals surface area contributed by atoms with Crippen molar-refractivity contribution < 1.29 is 18.3 Å².